The molecule has 4 nitrogen and oxygen atoms in total. The molecule has 0 bridgehead atoms. The van der Waals surface area contributed by atoms with Crippen LogP contribution in [-0.2, 0) is 18.3 Å². The van der Waals surface area contributed by atoms with Gasteiger partial charge in [-0.05, 0) is 114 Å². The van der Waals surface area contributed by atoms with E-state index in [0.717, 1.165) is 43.6 Å². The molecule has 0 aromatic rings. The third-order valence-electron chi connectivity index (χ3n) is 12.0. The lowest BCUT2D eigenvalue weighted by atomic mass is 9.74. The first kappa shape index (κ1) is 41.8. The SMILES string of the molecule is C/C=C(\C)[C@H](CC/C(C)=C/CC/C(C)=C/C[C@]1(C)C(O[Si](C)(C)C(C)(C)C)=C2OC(C)(C)OCC(C)=C2[C@H]1C)O[Si](CC)(CC)CC. The predicted octanol–water partition coefficient (Wildman–Crippen LogP) is 13.2. The third-order valence-corrected chi connectivity index (χ3v) is 20.9. The van der Waals surface area contributed by atoms with E-state index in [4.69, 9.17) is 18.3 Å². The Labute approximate surface area is 293 Å². The molecule has 0 saturated heterocycles. The average molecular weight is 687 g/mol. The molecule has 0 radical (unpaired) electrons. The van der Waals surface area contributed by atoms with Gasteiger partial charge < -0.3 is 18.3 Å². The van der Waals surface area contributed by atoms with Gasteiger partial charge in [-0.3, -0.25) is 0 Å². The zero-order valence-electron chi connectivity index (χ0n) is 33.9. The molecular formula is C41H74O4Si2. The predicted molar refractivity (Wildman–Crippen MR) is 208 cm³/mol. The molecule has 0 amide bonds. The molecular weight excluding hydrogens is 613 g/mol. The molecule has 0 aromatic carbocycles. The molecule has 1 aliphatic carbocycles. The highest BCUT2D eigenvalue weighted by Crippen LogP contribution is 2.57. The summed E-state index contributed by atoms with van der Waals surface area (Å²) >= 11 is 0. The maximum Gasteiger partial charge on any atom is 0.250 e. The van der Waals surface area contributed by atoms with E-state index in [1.165, 1.54) is 46.0 Å². The van der Waals surface area contributed by atoms with Gasteiger partial charge in [0.15, 0.2) is 14.1 Å². The summed E-state index contributed by atoms with van der Waals surface area (Å²) in [4.78, 5) is 0. The second-order valence-electron chi connectivity index (χ2n) is 16.9. The van der Waals surface area contributed by atoms with Crippen LogP contribution in [0.25, 0.3) is 0 Å². The van der Waals surface area contributed by atoms with Gasteiger partial charge in [0, 0.05) is 24.8 Å². The van der Waals surface area contributed by atoms with Crippen LogP contribution in [0.1, 0.15) is 136 Å². The molecule has 270 valence electrons. The summed E-state index contributed by atoms with van der Waals surface area (Å²) in [6.07, 6.45) is 12.7. The van der Waals surface area contributed by atoms with E-state index in [0.29, 0.717) is 6.61 Å². The maximum atomic E-state index is 7.24. The highest BCUT2D eigenvalue weighted by atomic mass is 28.4. The summed E-state index contributed by atoms with van der Waals surface area (Å²) in [5.41, 5.74) is 6.65. The van der Waals surface area contributed by atoms with Crippen molar-refractivity contribution < 1.29 is 18.3 Å². The van der Waals surface area contributed by atoms with Crippen LogP contribution >= 0.6 is 0 Å². The number of fused-ring (bicyclic) bond motifs is 1. The number of ether oxygens (including phenoxy) is 2. The monoisotopic (exact) mass is 687 g/mol. The van der Waals surface area contributed by atoms with Gasteiger partial charge in [0.1, 0.15) is 5.76 Å². The van der Waals surface area contributed by atoms with Gasteiger partial charge in [-0.15, -0.1) is 0 Å². The minimum Gasteiger partial charge on any atom is -0.543 e. The second kappa shape index (κ2) is 16.6. The first-order valence-electron chi connectivity index (χ1n) is 18.7. The first-order valence-corrected chi connectivity index (χ1v) is 24.1. The molecule has 6 heteroatoms. The topological polar surface area (TPSA) is 36.9 Å². The van der Waals surface area contributed by atoms with E-state index in [9.17, 15) is 0 Å². The summed E-state index contributed by atoms with van der Waals surface area (Å²) in [5.74, 6) is 1.54. The lowest BCUT2D eigenvalue weighted by Gasteiger charge is -2.41. The summed E-state index contributed by atoms with van der Waals surface area (Å²) in [6, 6.07) is 3.59. The molecule has 0 saturated carbocycles. The van der Waals surface area contributed by atoms with Crippen LogP contribution < -0.4 is 0 Å². The molecule has 0 fully saturated rings. The highest BCUT2D eigenvalue weighted by Gasteiger charge is 2.53. The van der Waals surface area contributed by atoms with E-state index < -0.39 is 22.4 Å². The normalized spacial score (nSPS) is 23.9. The van der Waals surface area contributed by atoms with E-state index >= 15 is 0 Å². The second-order valence-corrected chi connectivity index (χ2v) is 26.4. The Morgan fingerprint density at radius 2 is 1.55 bits per heavy atom. The lowest BCUT2D eigenvalue weighted by molar-refractivity contribution is -0.179. The van der Waals surface area contributed by atoms with Gasteiger partial charge >= 0.3 is 0 Å². The van der Waals surface area contributed by atoms with Crippen LogP contribution in [0, 0.1) is 11.3 Å². The number of hydrogen-bond acceptors (Lipinski definition) is 4. The zero-order valence-corrected chi connectivity index (χ0v) is 35.9. The Bertz CT molecular complexity index is 1210. The van der Waals surface area contributed by atoms with Crippen molar-refractivity contribution in [2.45, 2.75) is 184 Å². The fourth-order valence-electron chi connectivity index (χ4n) is 6.60. The molecule has 0 spiro atoms. The Kier molecular flexibility index (Phi) is 14.7. The van der Waals surface area contributed by atoms with Gasteiger partial charge in [-0.1, -0.05) is 90.3 Å². The van der Waals surface area contributed by atoms with Crippen LogP contribution in [0.15, 0.2) is 57.6 Å². The van der Waals surface area contributed by atoms with Crippen molar-refractivity contribution in [1.29, 1.82) is 0 Å². The van der Waals surface area contributed by atoms with Crippen molar-refractivity contribution in [3.05, 3.63) is 57.6 Å². The third kappa shape index (κ3) is 10.3. The van der Waals surface area contributed by atoms with Crippen LogP contribution in [-0.4, -0.2) is 35.1 Å². The summed E-state index contributed by atoms with van der Waals surface area (Å²) < 4.78 is 27.0. The number of hydrogen-bond donors (Lipinski definition) is 0. The van der Waals surface area contributed by atoms with Crippen molar-refractivity contribution in [1.82, 2.24) is 0 Å². The summed E-state index contributed by atoms with van der Waals surface area (Å²) in [5, 5.41) is 0.0870. The van der Waals surface area contributed by atoms with Gasteiger partial charge in [-0.25, -0.2) is 0 Å². The fraction of sp³-hybridized carbons (Fsp3) is 0.756. The maximum absolute atomic E-state index is 7.24. The van der Waals surface area contributed by atoms with Crippen LogP contribution in [0.3, 0.4) is 0 Å². The van der Waals surface area contributed by atoms with Gasteiger partial charge in [0.2, 0.25) is 14.1 Å². The van der Waals surface area contributed by atoms with Crippen LogP contribution in [0.2, 0.25) is 36.3 Å². The standard InChI is InChI=1S/C41H74O4Si2/c1-18-32(7)35(44-47(19-2,20-3)21-4)26-25-30(5)23-22-24-31(6)27-28-41(15)34(9)36-33(8)29-42-40(13,14)43-37(36)38(41)45-46(16,17)39(10,11)12/h18,23,27,34-35H,19-22,24-26,28-29H2,1-17H3/b30-23+,31-27+,32-18+/t34-,35+,41+/m1/s1. The van der Waals surface area contributed by atoms with E-state index in [2.05, 4.69) is 121 Å². The molecule has 1 heterocycles. The Balaban J connectivity index is 2.24. The van der Waals surface area contributed by atoms with Crippen molar-refractivity contribution in [2.75, 3.05) is 6.61 Å². The van der Waals surface area contributed by atoms with E-state index in [-0.39, 0.29) is 22.5 Å². The van der Waals surface area contributed by atoms with E-state index in [1.807, 2.05) is 13.8 Å². The summed E-state index contributed by atoms with van der Waals surface area (Å²) in [6.45, 7) is 39.2. The molecule has 3 atom stereocenters. The molecule has 1 aliphatic heterocycles. The fourth-order valence-corrected chi connectivity index (χ4v) is 10.6. The molecule has 2 aliphatic rings. The highest BCUT2D eigenvalue weighted by molar-refractivity contribution is 6.74. The minimum absolute atomic E-state index is 0.0870. The molecule has 0 aromatic heterocycles. The lowest BCUT2D eigenvalue weighted by Crippen LogP contribution is -2.43. The Morgan fingerprint density at radius 1 is 0.979 bits per heavy atom. The van der Waals surface area contributed by atoms with Gasteiger partial charge in [-0.2, -0.15) is 0 Å². The van der Waals surface area contributed by atoms with E-state index in [1.54, 1.807) is 0 Å². The summed E-state index contributed by atoms with van der Waals surface area (Å²) in [7, 11) is -3.78. The van der Waals surface area contributed by atoms with Crippen LogP contribution in [0.4, 0.5) is 0 Å². The quantitative estimate of drug-likeness (QED) is 0.120. The molecule has 0 N–H and O–H groups in total. The molecule has 2 rings (SSSR count). The van der Waals surface area contributed by atoms with Gasteiger partial charge in [0.25, 0.3) is 0 Å². The molecule has 47 heavy (non-hydrogen) atoms. The van der Waals surface area contributed by atoms with Crippen molar-refractivity contribution >= 4 is 16.6 Å². The Hall–Kier alpha value is -1.35. The molecule has 0 unspecified atom stereocenters. The smallest absolute Gasteiger partial charge is 0.250 e. The van der Waals surface area contributed by atoms with Crippen molar-refractivity contribution in [2.24, 2.45) is 11.3 Å². The largest absolute Gasteiger partial charge is 0.543 e. The van der Waals surface area contributed by atoms with Crippen molar-refractivity contribution in [3.8, 4) is 0 Å². The van der Waals surface area contributed by atoms with Crippen LogP contribution in [0.5, 0.6) is 0 Å². The first-order chi connectivity index (χ1) is 21.6. The minimum atomic E-state index is -2.13. The average Bonchev–Trinajstić information content (AvgIpc) is 3.10. The van der Waals surface area contributed by atoms with Crippen molar-refractivity contribution in [3.63, 3.8) is 0 Å². The zero-order chi connectivity index (χ0) is 36.0. The Morgan fingerprint density at radius 3 is 2.09 bits per heavy atom. The number of rotatable bonds is 16. The van der Waals surface area contributed by atoms with Gasteiger partial charge in [0.05, 0.1) is 12.7 Å². The number of allylic oxidation sites excluding steroid dienone is 7.